The van der Waals surface area contributed by atoms with Gasteiger partial charge in [-0.1, -0.05) is 30.3 Å². The lowest BCUT2D eigenvalue weighted by Gasteiger charge is -2.28. The highest BCUT2D eigenvalue weighted by Crippen LogP contribution is 2.27. The summed E-state index contributed by atoms with van der Waals surface area (Å²) in [5, 5.41) is 0. The van der Waals surface area contributed by atoms with Crippen LogP contribution in [0.4, 0.5) is 0 Å². The van der Waals surface area contributed by atoms with Crippen molar-refractivity contribution in [2.45, 2.75) is 25.0 Å². The molecule has 0 aliphatic carbocycles. The monoisotopic (exact) mass is 192 g/mol. The maximum absolute atomic E-state index is 5.57. The van der Waals surface area contributed by atoms with Crippen LogP contribution in [0.2, 0.25) is 0 Å². The van der Waals surface area contributed by atoms with Gasteiger partial charge >= 0.3 is 0 Å². The molecule has 76 valence electrons. The number of rotatable bonds is 2. The lowest BCUT2D eigenvalue weighted by atomic mass is 9.93. The van der Waals surface area contributed by atoms with Gasteiger partial charge in [0.25, 0.3) is 0 Å². The first-order chi connectivity index (χ1) is 6.90. The summed E-state index contributed by atoms with van der Waals surface area (Å²) in [7, 11) is 1.70. The molecule has 1 aliphatic heterocycles. The van der Waals surface area contributed by atoms with Crippen LogP contribution in [-0.4, -0.2) is 20.0 Å². The van der Waals surface area contributed by atoms with Crippen LogP contribution in [-0.2, 0) is 9.47 Å². The Bertz CT molecular complexity index is 263. The summed E-state index contributed by atoms with van der Waals surface area (Å²) < 4.78 is 10.7. The Morgan fingerprint density at radius 2 is 2.00 bits per heavy atom. The number of benzene rings is 1. The Hall–Kier alpha value is -0.860. The van der Waals surface area contributed by atoms with Gasteiger partial charge in [0.15, 0.2) is 6.29 Å². The molecule has 2 heteroatoms. The first-order valence-corrected chi connectivity index (χ1v) is 5.09. The first-order valence-electron chi connectivity index (χ1n) is 5.09. The second-order valence-electron chi connectivity index (χ2n) is 3.68. The van der Waals surface area contributed by atoms with E-state index in [9.17, 15) is 0 Å². The summed E-state index contributed by atoms with van der Waals surface area (Å²) in [6, 6.07) is 10.5. The zero-order valence-electron chi connectivity index (χ0n) is 8.48. The summed E-state index contributed by atoms with van der Waals surface area (Å²) in [6.45, 7) is 0.780. The van der Waals surface area contributed by atoms with Gasteiger partial charge in [-0.3, -0.25) is 0 Å². The van der Waals surface area contributed by atoms with Crippen LogP contribution in [0.1, 0.15) is 24.3 Å². The van der Waals surface area contributed by atoms with Gasteiger partial charge < -0.3 is 9.47 Å². The second-order valence-corrected chi connectivity index (χ2v) is 3.68. The van der Waals surface area contributed by atoms with Crippen molar-refractivity contribution in [2.24, 2.45) is 0 Å². The first kappa shape index (κ1) is 9.69. The summed E-state index contributed by atoms with van der Waals surface area (Å²) in [5.74, 6) is 0.544. The zero-order valence-corrected chi connectivity index (χ0v) is 8.48. The zero-order chi connectivity index (χ0) is 9.80. The highest BCUT2D eigenvalue weighted by Gasteiger charge is 2.21. The average Bonchev–Trinajstić information content (AvgIpc) is 2.30. The molecular formula is C12H16O2. The number of hydrogen-bond acceptors (Lipinski definition) is 2. The topological polar surface area (TPSA) is 18.5 Å². The van der Waals surface area contributed by atoms with Crippen LogP contribution in [0.3, 0.4) is 0 Å². The molecule has 0 amide bonds. The predicted octanol–water partition coefficient (Wildman–Crippen LogP) is 2.55. The molecule has 1 aromatic rings. The van der Waals surface area contributed by atoms with Crippen molar-refractivity contribution in [3.63, 3.8) is 0 Å². The van der Waals surface area contributed by atoms with E-state index in [1.165, 1.54) is 5.56 Å². The number of hydrogen-bond donors (Lipinski definition) is 0. The Kier molecular flexibility index (Phi) is 3.17. The summed E-state index contributed by atoms with van der Waals surface area (Å²) >= 11 is 0. The fourth-order valence-corrected chi connectivity index (χ4v) is 1.90. The molecule has 14 heavy (non-hydrogen) atoms. The highest BCUT2D eigenvalue weighted by molar-refractivity contribution is 5.19. The lowest BCUT2D eigenvalue weighted by molar-refractivity contribution is -0.150. The molecule has 2 nitrogen and oxygen atoms in total. The quantitative estimate of drug-likeness (QED) is 0.717. The predicted molar refractivity (Wildman–Crippen MR) is 55.2 cm³/mol. The normalized spacial score (nSPS) is 27.5. The molecule has 0 saturated carbocycles. The lowest BCUT2D eigenvalue weighted by Crippen LogP contribution is -2.25. The minimum Gasteiger partial charge on any atom is -0.356 e. The van der Waals surface area contributed by atoms with Crippen molar-refractivity contribution in [3.05, 3.63) is 35.9 Å². The van der Waals surface area contributed by atoms with Gasteiger partial charge in [0.1, 0.15) is 0 Å². The standard InChI is InChI=1S/C12H16O2/c1-13-12-8-7-11(9-14-12)10-5-3-2-4-6-10/h2-6,11-12H,7-9H2,1H3. The highest BCUT2D eigenvalue weighted by atomic mass is 16.7. The molecule has 1 aromatic carbocycles. The minimum atomic E-state index is 0.00922. The van der Waals surface area contributed by atoms with Gasteiger partial charge in [0.05, 0.1) is 6.61 Å². The van der Waals surface area contributed by atoms with Crippen molar-refractivity contribution in [1.82, 2.24) is 0 Å². The van der Waals surface area contributed by atoms with Crippen molar-refractivity contribution in [3.8, 4) is 0 Å². The maximum atomic E-state index is 5.57. The third-order valence-electron chi connectivity index (χ3n) is 2.77. The van der Waals surface area contributed by atoms with Crippen LogP contribution in [0.5, 0.6) is 0 Å². The van der Waals surface area contributed by atoms with Gasteiger partial charge in [-0.05, 0) is 18.4 Å². The van der Waals surface area contributed by atoms with E-state index in [1.807, 2.05) is 6.07 Å². The van der Waals surface area contributed by atoms with Crippen LogP contribution >= 0.6 is 0 Å². The third kappa shape index (κ3) is 2.14. The van der Waals surface area contributed by atoms with Crippen molar-refractivity contribution >= 4 is 0 Å². The second kappa shape index (κ2) is 4.58. The van der Waals surface area contributed by atoms with E-state index in [-0.39, 0.29) is 6.29 Å². The number of methoxy groups -OCH3 is 1. The van der Waals surface area contributed by atoms with E-state index in [4.69, 9.17) is 9.47 Å². The smallest absolute Gasteiger partial charge is 0.157 e. The fraction of sp³-hybridized carbons (Fsp3) is 0.500. The van der Waals surface area contributed by atoms with Crippen molar-refractivity contribution < 1.29 is 9.47 Å². The molecule has 0 N–H and O–H groups in total. The number of ether oxygens (including phenoxy) is 2. The Labute approximate surface area is 84.8 Å². The molecule has 0 aromatic heterocycles. The molecular weight excluding hydrogens is 176 g/mol. The van der Waals surface area contributed by atoms with E-state index in [0.29, 0.717) is 5.92 Å². The molecule has 1 aliphatic rings. The molecule has 1 saturated heterocycles. The fourth-order valence-electron chi connectivity index (χ4n) is 1.90. The van der Waals surface area contributed by atoms with Gasteiger partial charge in [-0.15, -0.1) is 0 Å². The third-order valence-corrected chi connectivity index (χ3v) is 2.77. The molecule has 0 bridgehead atoms. The van der Waals surface area contributed by atoms with Crippen LogP contribution in [0.25, 0.3) is 0 Å². The van der Waals surface area contributed by atoms with Crippen LogP contribution in [0, 0.1) is 0 Å². The molecule has 0 spiro atoms. The minimum absolute atomic E-state index is 0.00922. The SMILES string of the molecule is COC1CCC(c2ccccc2)CO1. The Balaban J connectivity index is 1.96. The molecule has 1 heterocycles. The van der Waals surface area contributed by atoms with Gasteiger partial charge in [0.2, 0.25) is 0 Å². The maximum Gasteiger partial charge on any atom is 0.157 e. The summed E-state index contributed by atoms with van der Waals surface area (Å²) in [5.41, 5.74) is 1.38. The van der Waals surface area contributed by atoms with Gasteiger partial charge in [-0.25, -0.2) is 0 Å². The van der Waals surface area contributed by atoms with Gasteiger partial charge in [0, 0.05) is 13.0 Å². The van der Waals surface area contributed by atoms with Crippen LogP contribution < -0.4 is 0 Å². The molecule has 2 rings (SSSR count). The van der Waals surface area contributed by atoms with E-state index < -0.39 is 0 Å². The largest absolute Gasteiger partial charge is 0.356 e. The molecule has 2 unspecified atom stereocenters. The molecule has 1 fully saturated rings. The van der Waals surface area contributed by atoms with Gasteiger partial charge in [-0.2, -0.15) is 0 Å². The van der Waals surface area contributed by atoms with Crippen LogP contribution in [0.15, 0.2) is 30.3 Å². The molecule has 0 radical (unpaired) electrons. The Morgan fingerprint density at radius 3 is 2.57 bits per heavy atom. The van der Waals surface area contributed by atoms with E-state index in [0.717, 1.165) is 19.4 Å². The van der Waals surface area contributed by atoms with E-state index in [2.05, 4.69) is 24.3 Å². The van der Waals surface area contributed by atoms with E-state index >= 15 is 0 Å². The summed E-state index contributed by atoms with van der Waals surface area (Å²) in [6.07, 6.45) is 2.16. The molecule has 2 atom stereocenters. The van der Waals surface area contributed by atoms with Crippen molar-refractivity contribution in [2.75, 3.05) is 13.7 Å². The average molecular weight is 192 g/mol. The summed E-state index contributed by atoms with van der Waals surface area (Å²) in [4.78, 5) is 0. The van der Waals surface area contributed by atoms with Crippen molar-refractivity contribution in [1.29, 1.82) is 0 Å². The Morgan fingerprint density at radius 1 is 1.21 bits per heavy atom. The van der Waals surface area contributed by atoms with E-state index in [1.54, 1.807) is 7.11 Å².